The summed E-state index contributed by atoms with van der Waals surface area (Å²) in [5.74, 6) is 0.629. The predicted octanol–water partition coefficient (Wildman–Crippen LogP) is 3.58. The summed E-state index contributed by atoms with van der Waals surface area (Å²) in [6.45, 7) is -2.01. The molecule has 0 heterocycles. The van der Waals surface area contributed by atoms with Crippen molar-refractivity contribution >= 4 is 6.98 Å². The van der Waals surface area contributed by atoms with E-state index in [1.165, 1.54) is 0 Å². The molecule has 0 aromatic heterocycles. The van der Waals surface area contributed by atoms with E-state index in [4.69, 9.17) is 0 Å². The Morgan fingerprint density at radius 2 is 1.67 bits per heavy atom. The van der Waals surface area contributed by atoms with Gasteiger partial charge >= 0.3 is 6.98 Å². The molecule has 84 valence electrons. The first-order valence-electron chi connectivity index (χ1n) is 4.82. The molecule has 0 radical (unpaired) electrons. The molecule has 0 saturated carbocycles. The third kappa shape index (κ3) is 4.27. The molecule has 15 heavy (non-hydrogen) atoms. The molecule has 1 aromatic carbocycles. The van der Waals surface area contributed by atoms with Crippen LogP contribution in [0.5, 0.6) is 5.75 Å². The largest absolute Gasteiger partial charge is 0.522 e. The standard InChI is InChI=1S/C10H13BF3O/c1-8(2)9-3-5-10(6-4-9)15-7-11(12,13)14/h3-6,8H,7H2,1-2H3/q-1. The van der Waals surface area contributed by atoms with Crippen LogP contribution in [0.4, 0.5) is 12.9 Å². The summed E-state index contributed by atoms with van der Waals surface area (Å²) in [5.41, 5.74) is 1.08. The van der Waals surface area contributed by atoms with Gasteiger partial charge in [0.2, 0.25) is 0 Å². The third-order valence-corrected chi connectivity index (χ3v) is 1.99. The summed E-state index contributed by atoms with van der Waals surface area (Å²) in [4.78, 5) is 0. The molecular weight excluding hydrogens is 204 g/mol. The van der Waals surface area contributed by atoms with Gasteiger partial charge in [0.15, 0.2) is 0 Å². The van der Waals surface area contributed by atoms with Gasteiger partial charge in [-0.1, -0.05) is 26.0 Å². The Bertz CT molecular complexity index is 305. The van der Waals surface area contributed by atoms with Crippen molar-refractivity contribution in [1.82, 2.24) is 0 Å². The first kappa shape index (κ1) is 11.9. The average molecular weight is 217 g/mol. The lowest BCUT2D eigenvalue weighted by atomic mass is 9.95. The quantitative estimate of drug-likeness (QED) is 0.700. The second kappa shape index (κ2) is 4.60. The Labute approximate surface area is 87.3 Å². The van der Waals surface area contributed by atoms with Crippen LogP contribution in [0.2, 0.25) is 0 Å². The fraction of sp³-hybridized carbons (Fsp3) is 0.400. The van der Waals surface area contributed by atoms with E-state index < -0.39 is 13.5 Å². The minimum absolute atomic E-state index is 0.263. The lowest BCUT2D eigenvalue weighted by Crippen LogP contribution is -2.26. The molecule has 1 nitrogen and oxygen atoms in total. The molecule has 0 aliphatic heterocycles. The topological polar surface area (TPSA) is 9.23 Å². The summed E-state index contributed by atoms with van der Waals surface area (Å²) < 4.78 is 40.3. The van der Waals surface area contributed by atoms with Crippen LogP contribution in [0.1, 0.15) is 25.3 Å². The lowest BCUT2D eigenvalue weighted by molar-refractivity contribution is 0.313. The number of halogens is 3. The second-order valence-corrected chi connectivity index (χ2v) is 3.75. The molecule has 0 aliphatic rings. The van der Waals surface area contributed by atoms with Gasteiger partial charge in [0.05, 0.1) is 6.51 Å². The maximum absolute atomic E-state index is 11.9. The van der Waals surface area contributed by atoms with Crippen molar-refractivity contribution in [3.05, 3.63) is 29.8 Å². The van der Waals surface area contributed by atoms with E-state index in [-0.39, 0.29) is 5.75 Å². The van der Waals surface area contributed by atoms with Crippen molar-refractivity contribution in [3.8, 4) is 5.75 Å². The maximum atomic E-state index is 11.9. The van der Waals surface area contributed by atoms with E-state index >= 15 is 0 Å². The van der Waals surface area contributed by atoms with Crippen LogP contribution in [-0.2, 0) is 0 Å². The van der Waals surface area contributed by atoms with Gasteiger partial charge in [0.25, 0.3) is 0 Å². The number of hydrogen-bond donors (Lipinski definition) is 0. The zero-order valence-electron chi connectivity index (χ0n) is 8.71. The molecular formula is C10H13BF3O-. The van der Waals surface area contributed by atoms with Gasteiger partial charge in [-0.3, -0.25) is 0 Å². The highest BCUT2D eigenvalue weighted by Gasteiger charge is 2.24. The monoisotopic (exact) mass is 217 g/mol. The van der Waals surface area contributed by atoms with Crippen molar-refractivity contribution in [1.29, 1.82) is 0 Å². The smallest absolute Gasteiger partial charge is 0.515 e. The summed E-state index contributed by atoms with van der Waals surface area (Å²) in [7, 11) is 0. The van der Waals surface area contributed by atoms with E-state index in [0.29, 0.717) is 5.92 Å². The van der Waals surface area contributed by atoms with Gasteiger partial charge in [-0.2, -0.15) is 0 Å². The third-order valence-electron chi connectivity index (χ3n) is 1.99. The summed E-state index contributed by atoms with van der Waals surface area (Å²) in [5, 5.41) is 0. The zero-order valence-corrected chi connectivity index (χ0v) is 8.71. The normalized spacial score (nSPS) is 11.9. The first-order chi connectivity index (χ1) is 6.88. The van der Waals surface area contributed by atoms with Crippen molar-refractivity contribution in [2.45, 2.75) is 19.8 Å². The minimum Gasteiger partial charge on any atom is -0.522 e. The highest BCUT2D eigenvalue weighted by Crippen LogP contribution is 2.19. The van der Waals surface area contributed by atoms with E-state index in [1.54, 1.807) is 24.3 Å². The van der Waals surface area contributed by atoms with Gasteiger partial charge in [0, 0.05) is 0 Å². The van der Waals surface area contributed by atoms with Crippen LogP contribution in [0, 0.1) is 0 Å². The van der Waals surface area contributed by atoms with Gasteiger partial charge in [-0.25, -0.2) is 0 Å². The summed E-state index contributed by atoms with van der Waals surface area (Å²) in [6.07, 6.45) is 0. The van der Waals surface area contributed by atoms with Gasteiger partial charge in [0.1, 0.15) is 5.75 Å². The van der Waals surface area contributed by atoms with E-state index in [1.807, 2.05) is 13.8 Å². The Morgan fingerprint density at radius 1 is 1.13 bits per heavy atom. The second-order valence-electron chi connectivity index (χ2n) is 3.75. The van der Waals surface area contributed by atoms with Crippen LogP contribution < -0.4 is 4.74 Å². The summed E-state index contributed by atoms with van der Waals surface area (Å²) >= 11 is 0. The Hall–Kier alpha value is -1.13. The highest BCUT2D eigenvalue weighted by atomic mass is 19.4. The summed E-state index contributed by atoms with van der Waals surface area (Å²) in [6, 6.07) is 6.70. The molecule has 0 saturated heterocycles. The van der Waals surface area contributed by atoms with E-state index in [0.717, 1.165) is 5.56 Å². The molecule has 0 unspecified atom stereocenters. The first-order valence-corrected chi connectivity index (χ1v) is 4.82. The molecule has 1 rings (SSSR count). The van der Waals surface area contributed by atoms with Crippen molar-refractivity contribution < 1.29 is 17.7 Å². The molecule has 0 atom stereocenters. The highest BCUT2D eigenvalue weighted by molar-refractivity contribution is 6.58. The number of hydrogen-bond acceptors (Lipinski definition) is 1. The molecule has 0 bridgehead atoms. The molecule has 0 fully saturated rings. The molecule has 1 aromatic rings. The van der Waals surface area contributed by atoms with E-state index in [2.05, 4.69) is 4.74 Å². The Balaban J connectivity index is 2.57. The maximum Gasteiger partial charge on any atom is 0.515 e. The minimum atomic E-state index is -4.87. The predicted molar refractivity (Wildman–Crippen MR) is 55.1 cm³/mol. The fourth-order valence-electron chi connectivity index (χ4n) is 1.14. The zero-order chi connectivity index (χ0) is 11.5. The van der Waals surface area contributed by atoms with Crippen molar-refractivity contribution in [2.24, 2.45) is 0 Å². The van der Waals surface area contributed by atoms with E-state index in [9.17, 15) is 12.9 Å². The van der Waals surface area contributed by atoms with Crippen LogP contribution in [-0.4, -0.2) is 13.5 Å². The number of rotatable bonds is 4. The van der Waals surface area contributed by atoms with Gasteiger partial charge in [-0.15, -0.1) is 0 Å². The molecule has 0 spiro atoms. The van der Waals surface area contributed by atoms with Gasteiger partial charge < -0.3 is 17.7 Å². The SMILES string of the molecule is CC(C)c1ccc(OC[B-](F)(F)F)cc1. The molecule has 0 amide bonds. The Kier molecular flexibility index (Phi) is 3.66. The number of benzene rings is 1. The van der Waals surface area contributed by atoms with Crippen molar-refractivity contribution in [2.75, 3.05) is 6.51 Å². The van der Waals surface area contributed by atoms with Gasteiger partial charge in [-0.05, 0) is 23.6 Å². The lowest BCUT2D eigenvalue weighted by Gasteiger charge is -2.15. The van der Waals surface area contributed by atoms with Crippen LogP contribution in [0.3, 0.4) is 0 Å². The molecule has 0 N–H and O–H groups in total. The Morgan fingerprint density at radius 3 is 2.07 bits per heavy atom. The fourth-order valence-corrected chi connectivity index (χ4v) is 1.14. The van der Waals surface area contributed by atoms with Crippen LogP contribution in [0.25, 0.3) is 0 Å². The van der Waals surface area contributed by atoms with Crippen molar-refractivity contribution in [3.63, 3.8) is 0 Å². The number of ether oxygens (including phenoxy) is 1. The average Bonchev–Trinajstić information content (AvgIpc) is 2.14. The van der Waals surface area contributed by atoms with Crippen LogP contribution >= 0.6 is 0 Å². The van der Waals surface area contributed by atoms with Crippen LogP contribution in [0.15, 0.2) is 24.3 Å². The molecule has 0 aliphatic carbocycles. The molecule has 5 heteroatoms.